The van der Waals surface area contributed by atoms with Crippen LogP contribution in [-0.4, -0.2) is 36.3 Å². The number of nitrogens with two attached hydrogens (primary N) is 1. The Bertz CT molecular complexity index is 286. The van der Waals surface area contributed by atoms with Crippen molar-refractivity contribution in [2.45, 2.75) is 38.1 Å². The molecule has 0 bridgehead atoms. The van der Waals surface area contributed by atoms with Crippen LogP contribution in [0.15, 0.2) is 12.8 Å². The molecule has 2 atom stereocenters. The average molecular weight is 253 g/mol. The van der Waals surface area contributed by atoms with E-state index in [1.54, 1.807) is 0 Å². The lowest BCUT2D eigenvalue weighted by molar-refractivity contribution is -0.123. The van der Waals surface area contributed by atoms with E-state index in [9.17, 15) is 9.59 Å². The molecule has 5 heteroatoms. The largest absolute Gasteiger partial charge is 0.353 e. The molecule has 2 amide bonds. The normalized spacial score (nSPS) is 23.2. The molecule has 3 N–H and O–H groups in total. The van der Waals surface area contributed by atoms with E-state index in [2.05, 4.69) is 11.9 Å². The van der Waals surface area contributed by atoms with Gasteiger partial charge in [0.2, 0.25) is 12.3 Å². The third-order valence-corrected chi connectivity index (χ3v) is 3.53. The van der Waals surface area contributed by atoms with Gasteiger partial charge in [0.1, 0.15) is 0 Å². The average Bonchev–Trinajstić information content (AvgIpc) is 2.40. The van der Waals surface area contributed by atoms with Crippen LogP contribution in [0.25, 0.3) is 0 Å². The van der Waals surface area contributed by atoms with Crippen molar-refractivity contribution in [1.29, 1.82) is 0 Å². The van der Waals surface area contributed by atoms with Gasteiger partial charge >= 0.3 is 0 Å². The van der Waals surface area contributed by atoms with Crippen LogP contribution in [0.5, 0.6) is 0 Å². The molecule has 1 rings (SSSR count). The molecule has 1 aliphatic carbocycles. The molecule has 0 aromatic heterocycles. The van der Waals surface area contributed by atoms with Gasteiger partial charge in [-0.25, -0.2) is 0 Å². The van der Waals surface area contributed by atoms with Crippen LogP contribution in [0.1, 0.15) is 32.1 Å². The highest BCUT2D eigenvalue weighted by Crippen LogP contribution is 2.23. The minimum atomic E-state index is -0.0194. The fraction of sp³-hybridized carbons (Fsp3) is 0.692. The first-order chi connectivity index (χ1) is 8.71. The second-order valence-electron chi connectivity index (χ2n) is 4.73. The molecular weight excluding hydrogens is 230 g/mol. The van der Waals surface area contributed by atoms with Gasteiger partial charge in [-0.05, 0) is 31.5 Å². The van der Waals surface area contributed by atoms with Crippen LogP contribution in [0.3, 0.4) is 0 Å². The van der Waals surface area contributed by atoms with Crippen molar-refractivity contribution in [3.05, 3.63) is 12.8 Å². The van der Waals surface area contributed by atoms with E-state index in [1.807, 2.05) is 0 Å². The molecule has 1 fully saturated rings. The monoisotopic (exact) mass is 253 g/mol. The van der Waals surface area contributed by atoms with Gasteiger partial charge in [0.05, 0.1) is 0 Å². The maximum atomic E-state index is 11.8. The van der Waals surface area contributed by atoms with Crippen LogP contribution in [0.4, 0.5) is 0 Å². The fourth-order valence-electron chi connectivity index (χ4n) is 2.38. The number of rotatable bonds is 7. The lowest BCUT2D eigenvalue weighted by atomic mass is 9.84. The van der Waals surface area contributed by atoms with E-state index in [0.717, 1.165) is 19.3 Å². The number of hydrogen-bond donors (Lipinski definition) is 2. The first kappa shape index (κ1) is 14.7. The SMILES string of the molecule is C=CN(C=O)CCC(=O)NC1CCCCC1CN. The van der Waals surface area contributed by atoms with Crippen molar-refractivity contribution in [1.82, 2.24) is 10.2 Å². The molecule has 0 heterocycles. The van der Waals surface area contributed by atoms with E-state index < -0.39 is 0 Å². The van der Waals surface area contributed by atoms with Crippen LogP contribution < -0.4 is 11.1 Å². The zero-order valence-corrected chi connectivity index (χ0v) is 10.8. The summed E-state index contributed by atoms with van der Waals surface area (Å²) in [6, 6.07) is 0.199. The highest BCUT2D eigenvalue weighted by Gasteiger charge is 2.25. The van der Waals surface area contributed by atoms with E-state index in [4.69, 9.17) is 5.73 Å². The predicted molar refractivity (Wildman–Crippen MR) is 70.5 cm³/mol. The highest BCUT2D eigenvalue weighted by molar-refractivity contribution is 5.76. The summed E-state index contributed by atoms with van der Waals surface area (Å²) < 4.78 is 0. The van der Waals surface area contributed by atoms with Crippen molar-refractivity contribution in [3.63, 3.8) is 0 Å². The number of hydrogen-bond acceptors (Lipinski definition) is 3. The minimum absolute atomic E-state index is 0.0194. The number of nitrogens with zero attached hydrogens (tertiary/aromatic N) is 1. The number of amides is 2. The number of carbonyl (C=O) groups is 2. The lowest BCUT2D eigenvalue weighted by Crippen LogP contribution is -2.45. The van der Waals surface area contributed by atoms with Crippen LogP contribution >= 0.6 is 0 Å². The van der Waals surface area contributed by atoms with E-state index in [0.29, 0.717) is 31.8 Å². The Morgan fingerprint density at radius 2 is 2.17 bits per heavy atom. The van der Waals surface area contributed by atoms with Crippen molar-refractivity contribution in [3.8, 4) is 0 Å². The topological polar surface area (TPSA) is 75.4 Å². The molecule has 1 aliphatic rings. The van der Waals surface area contributed by atoms with Crippen molar-refractivity contribution >= 4 is 12.3 Å². The van der Waals surface area contributed by atoms with Gasteiger partial charge in [0.25, 0.3) is 0 Å². The Balaban J connectivity index is 2.34. The Hall–Kier alpha value is -1.36. The molecule has 0 radical (unpaired) electrons. The summed E-state index contributed by atoms with van der Waals surface area (Å²) in [7, 11) is 0. The van der Waals surface area contributed by atoms with Crippen molar-refractivity contribution in [2.24, 2.45) is 11.7 Å². The number of nitrogens with one attached hydrogen (secondary N) is 1. The van der Waals surface area contributed by atoms with Crippen molar-refractivity contribution in [2.75, 3.05) is 13.1 Å². The summed E-state index contributed by atoms with van der Waals surface area (Å²) in [5.41, 5.74) is 5.72. The second-order valence-corrected chi connectivity index (χ2v) is 4.73. The predicted octanol–water partition coefficient (Wildman–Crippen LogP) is 0.612. The molecule has 0 aliphatic heterocycles. The van der Waals surface area contributed by atoms with Crippen LogP contribution in [-0.2, 0) is 9.59 Å². The van der Waals surface area contributed by atoms with Gasteiger partial charge in [-0.3, -0.25) is 9.59 Å². The van der Waals surface area contributed by atoms with Crippen molar-refractivity contribution < 1.29 is 9.59 Å². The zero-order chi connectivity index (χ0) is 13.4. The standard InChI is InChI=1S/C13H23N3O2/c1-2-16(10-17)8-7-13(18)15-12-6-4-3-5-11(12)9-14/h2,10-12H,1,3-9,14H2,(H,15,18). The molecule has 2 unspecified atom stereocenters. The molecule has 102 valence electrons. The van der Waals surface area contributed by atoms with Crippen LogP contribution in [0.2, 0.25) is 0 Å². The first-order valence-electron chi connectivity index (χ1n) is 6.54. The smallest absolute Gasteiger partial charge is 0.222 e. The third-order valence-electron chi connectivity index (χ3n) is 3.53. The van der Waals surface area contributed by atoms with E-state index in [1.165, 1.54) is 17.5 Å². The Kier molecular flexibility index (Phi) is 6.43. The summed E-state index contributed by atoms with van der Waals surface area (Å²) >= 11 is 0. The van der Waals surface area contributed by atoms with Gasteiger partial charge in [-0.15, -0.1) is 0 Å². The summed E-state index contributed by atoms with van der Waals surface area (Å²) in [6.07, 6.45) is 6.84. The molecular formula is C13H23N3O2. The van der Waals surface area contributed by atoms with E-state index >= 15 is 0 Å². The second kappa shape index (κ2) is 7.87. The highest BCUT2D eigenvalue weighted by atomic mass is 16.2. The van der Waals surface area contributed by atoms with Crippen LogP contribution in [0, 0.1) is 5.92 Å². The molecule has 18 heavy (non-hydrogen) atoms. The fourth-order valence-corrected chi connectivity index (χ4v) is 2.38. The lowest BCUT2D eigenvalue weighted by Gasteiger charge is -2.31. The number of carbonyl (C=O) groups excluding carboxylic acids is 2. The van der Waals surface area contributed by atoms with Gasteiger partial charge in [-0.1, -0.05) is 19.4 Å². The quantitative estimate of drug-likeness (QED) is 0.653. The molecule has 1 saturated carbocycles. The molecule has 5 nitrogen and oxygen atoms in total. The van der Waals surface area contributed by atoms with Gasteiger partial charge in [0.15, 0.2) is 0 Å². The summed E-state index contributed by atoms with van der Waals surface area (Å²) in [6.45, 7) is 4.49. The zero-order valence-electron chi connectivity index (χ0n) is 10.8. The van der Waals surface area contributed by atoms with Gasteiger partial charge < -0.3 is 16.0 Å². The van der Waals surface area contributed by atoms with E-state index in [-0.39, 0.29) is 11.9 Å². The molecule has 0 saturated heterocycles. The third kappa shape index (κ3) is 4.49. The Morgan fingerprint density at radius 3 is 2.78 bits per heavy atom. The Morgan fingerprint density at radius 1 is 1.44 bits per heavy atom. The maximum absolute atomic E-state index is 11.8. The first-order valence-corrected chi connectivity index (χ1v) is 6.54. The summed E-state index contributed by atoms with van der Waals surface area (Å²) in [4.78, 5) is 23.7. The van der Waals surface area contributed by atoms with Gasteiger partial charge in [0, 0.05) is 19.0 Å². The molecule has 0 aromatic carbocycles. The maximum Gasteiger partial charge on any atom is 0.222 e. The van der Waals surface area contributed by atoms with Gasteiger partial charge in [-0.2, -0.15) is 0 Å². The Labute approximate surface area is 108 Å². The summed E-state index contributed by atoms with van der Waals surface area (Å²) in [5.74, 6) is 0.373. The molecule has 0 aromatic rings. The minimum Gasteiger partial charge on any atom is -0.353 e. The molecule has 0 spiro atoms. The summed E-state index contributed by atoms with van der Waals surface area (Å²) in [5, 5.41) is 3.03.